The second-order valence-corrected chi connectivity index (χ2v) is 6.05. The molecule has 5 nitrogen and oxygen atoms in total. The first kappa shape index (κ1) is 15.9. The fourth-order valence-corrected chi connectivity index (χ4v) is 2.94. The highest BCUT2D eigenvalue weighted by Crippen LogP contribution is 2.35. The van der Waals surface area contributed by atoms with Gasteiger partial charge in [-0.05, 0) is 38.7 Å². The average Bonchev–Trinajstić information content (AvgIpc) is 3.34. The molecular weight excluding hydrogens is 294 g/mol. The first-order valence-electron chi connectivity index (χ1n) is 8.15. The topological polar surface area (TPSA) is 62.9 Å². The predicted molar refractivity (Wildman–Crippen MR) is 87.9 cm³/mol. The van der Waals surface area contributed by atoms with Gasteiger partial charge in [-0.3, -0.25) is 4.79 Å². The number of fused-ring (bicyclic) bond motifs is 1. The average molecular weight is 317 g/mol. The van der Waals surface area contributed by atoms with Crippen LogP contribution in [0.25, 0.3) is 11.0 Å². The van der Waals surface area contributed by atoms with E-state index in [0.29, 0.717) is 36.1 Å². The molecular formula is C18H23NO4. The van der Waals surface area contributed by atoms with E-state index >= 15 is 0 Å². The fourth-order valence-electron chi connectivity index (χ4n) is 2.94. The SMILES string of the molecule is COc1cccc2c(C)c(C(=O)N(CCCCO)C3CC3)oc12. The van der Waals surface area contributed by atoms with Crippen molar-refractivity contribution in [2.75, 3.05) is 20.3 Å². The van der Waals surface area contributed by atoms with Gasteiger partial charge in [-0.15, -0.1) is 0 Å². The summed E-state index contributed by atoms with van der Waals surface area (Å²) in [5, 5.41) is 9.87. The number of unbranched alkanes of at least 4 members (excludes halogenated alkanes) is 1. The minimum Gasteiger partial charge on any atom is -0.493 e. The van der Waals surface area contributed by atoms with Crippen LogP contribution in [0.15, 0.2) is 22.6 Å². The number of para-hydroxylation sites is 1. The first-order chi connectivity index (χ1) is 11.2. The van der Waals surface area contributed by atoms with Gasteiger partial charge in [0.25, 0.3) is 5.91 Å². The molecule has 0 radical (unpaired) electrons. The molecule has 1 N–H and O–H groups in total. The maximum absolute atomic E-state index is 12.9. The van der Waals surface area contributed by atoms with Gasteiger partial charge in [-0.25, -0.2) is 0 Å². The molecule has 1 saturated carbocycles. The van der Waals surface area contributed by atoms with E-state index in [-0.39, 0.29) is 12.5 Å². The van der Waals surface area contributed by atoms with Crippen LogP contribution in [0.5, 0.6) is 5.75 Å². The summed E-state index contributed by atoms with van der Waals surface area (Å²) in [7, 11) is 1.60. The number of aliphatic hydroxyl groups is 1. The molecule has 0 saturated heterocycles. The summed E-state index contributed by atoms with van der Waals surface area (Å²) in [6.07, 6.45) is 3.62. The Balaban J connectivity index is 1.91. The second kappa shape index (κ2) is 6.62. The van der Waals surface area contributed by atoms with E-state index in [1.807, 2.05) is 30.0 Å². The van der Waals surface area contributed by atoms with Crippen LogP contribution < -0.4 is 4.74 Å². The monoisotopic (exact) mass is 317 g/mol. The lowest BCUT2D eigenvalue weighted by atomic mass is 10.1. The van der Waals surface area contributed by atoms with Crippen molar-refractivity contribution in [2.24, 2.45) is 0 Å². The zero-order valence-corrected chi connectivity index (χ0v) is 13.7. The molecule has 0 aliphatic heterocycles. The molecule has 1 aromatic carbocycles. The molecule has 124 valence electrons. The van der Waals surface area contributed by atoms with Crippen LogP contribution in [-0.2, 0) is 0 Å². The standard InChI is InChI=1S/C18H23NO4/c1-12-14-6-5-7-15(22-2)17(14)23-16(12)18(21)19(13-8-9-13)10-3-4-11-20/h5-7,13,20H,3-4,8-11H2,1-2H3. The summed E-state index contributed by atoms with van der Waals surface area (Å²) < 4.78 is 11.2. The van der Waals surface area contributed by atoms with Gasteiger partial charge < -0.3 is 19.2 Å². The first-order valence-corrected chi connectivity index (χ1v) is 8.15. The molecule has 5 heteroatoms. The summed E-state index contributed by atoms with van der Waals surface area (Å²) in [5.41, 5.74) is 1.48. The maximum atomic E-state index is 12.9. The van der Waals surface area contributed by atoms with E-state index in [9.17, 15) is 4.79 Å². The Morgan fingerprint density at radius 2 is 2.17 bits per heavy atom. The molecule has 0 spiro atoms. The minimum atomic E-state index is -0.0545. The summed E-state index contributed by atoms with van der Waals surface area (Å²) in [4.78, 5) is 14.8. The third-order valence-electron chi connectivity index (χ3n) is 4.40. The van der Waals surface area contributed by atoms with E-state index in [2.05, 4.69) is 0 Å². The number of nitrogens with zero attached hydrogens (tertiary/aromatic N) is 1. The number of amides is 1. The van der Waals surface area contributed by atoms with E-state index in [0.717, 1.165) is 30.2 Å². The number of benzene rings is 1. The number of furan rings is 1. The Bertz CT molecular complexity index is 702. The summed E-state index contributed by atoms with van der Waals surface area (Å²) in [5.74, 6) is 0.990. The predicted octanol–water partition coefficient (Wildman–Crippen LogP) is 3.13. The fraction of sp³-hybridized carbons (Fsp3) is 0.500. The van der Waals surface area contributed by atoms with E-state index in [1.54, 1.807) is 7.11 Å². The molecule has 2 aromatic rings. The van der Waals surface area contributed by atoms with Crippen molar-refractivity contribution >= 4 is 16.9 Å². The summed E-state index contributed by atoms with van der Waals surface area (Å²) in [6, 6.07) is 5.99. The maximum Gasteiger partial charge on any atom is 0.290 e. The molecule has 0 bridgehead atoms. The Morgan fingerprint density at radius 3 is 2.83 bits per heavy atom. The number of hydrogen-bond donors (Lipinski definition) is 1. The molecule has 1 heterocycles. The number of aliphatic hydroxyl groups excluding tert-OH is 1. The number of carbonyl (C=O) groups excluding carboxylic acids is 1. The highest BCUT2D eigenvalue weighted by molar-refractivity contribution is 6.00. The zero-order chi connectivity index (χ0) is 16.4. The molecule has 0 atom stereocenters. The lowest BCUT2D eigenvalue weighted by Crippen LogP contribution is -2.34. The van der Waals surface area contributed by atoms with Crippen molar-refractivity contribution < 1.29 is 19.1 Å². The van der Waals surface area contributed by atoms with Crippen LogP contribution in [0.1, 0.15) is 41.8 Å². The van der Waals surface area contributed by atoms with Gasteiger partial charge in [0.2, 0.25) is 0 Å². The number of aryl methyl sites for hydroxylation is 1. The molecule has 1 aliphatic carbocycles. The van der Waals surface area contributed by atoms with Crippen molar-refractivity contribution in [3.05, 3.63) is 29.5 Å². The Labute approximate surface area is 135 Å². The zero-order valence-electron chi connectivity index (χ0n) is 13.7. The van der Waals surface area contributed by atoms with Crippen molar-refractivity contribution in [1.82, 2.24) is 4.90 Å². The highest BCUT2D eigenvalue weighted by atomic mass is 16.5. The third kappa shape index (κ3) is 3.06. The number of carbonyl (C=O) groups is 1. The van der Waals surface area contributed by atoms with Crippen LogP contribution >= 0.6 is 0 Å². The number of methoxy groups -OCH3 is 1. The van der Waals surface area contributed by atoms with E-state index < -0.39 is 0 Å². The summed E-state index contributed by atoms with van der Waals surface area (Å²) in [6.45, 7) is 2.74. The molecule has 1 fully saturated rings. The van der Waals surface area contributed by atoms with Gasteiger partial charge >= 0.3 is 0 Å². The van der Waals surface area contributed by atoms with Gasteiger partial charge in [-0.2, -0.15) is 0 Å². The highest BCUT2D eigenvalue weighted by Gasteiger charge is 2.35. The largest absolute Gasteiger partial charge is 0.493 e. The minimum absolute atomic E-state index is 0.0545. The van der Waals surface area contributed by atoms with Crippen molar-refractivity contribution in [2.45, 2.75) is 38.6 Å². The molecule has 3 rings (SSSR count). The van der Waals surface area contributed by atoms with Gasteiger partial charge in [0.1, 0.15) is 0 Å². The smallest absolute Gasteiger partial charge is 0.290 e. The Morgan fingerprint density at radius 1 is 1.39 bits per heavy atom. The Hall–Kier alpha value is -2.01. The van der Waals surface area contributed by atoms with Crippen LogP contribution in [-0.4, -0.2) is 42.2 Å². The van der Waals surface area contributed by atoms with E-state index in [4.69, 9.17) is 14.3 Å². The van der Waals surface area contributed by atoms with Crippen LogP contribution in [0.2, 0.25) is 0 Å². The van der Waals surface area contributed by atoms with Crippen molar-refractivity contribution in [1.29, 1.82) is 0 Å². The van der Waals surface area contributed by atoms with Gasteiger partial charge in [0, 0.05) is 30.1 Å². The quantitative estimate of drug-likeness (QED) is 0.797. The van der Waals surface area contributed by atoms with Crippen molar-refractivity contribution in [3.63, 3.8) is 0 Å². The number of rotatable bonds is 7. The van der Waals surface area contributed by atoms with E-state index in [1.165, 1.54) is 0 Å². The van der Waals surface area contributed by atoms with Crippen molar-refractivity contribution in [3.8, 4) is 5.75 Å². The van der Waals surface area contributed by atoms with Gasteiger partial charge in [0.05, 0.1) is 7.11 Å². The van der Waals surface area contributed by atoms with Gasteiger partial charge in [-0.1, -0.05) is 12.1 Å². The summed E-state index contributed by atoms with van der Waals surface area (Å²) >= 11 is 0. The third-order valence-corrected chi connectivity index (χ3v) is 4.40. The van der Waals surface area contributed by atoms with Crippen LogP contribution in [0.4, 0.5) is 0 Å². The second-order valence-electron chi connectivity index (χ2n) is 6.05. The lowest BCUT2D eigenvalue weighted by molar-refractivity contribution is 0.0706. The number of hydrogen-bond acceptors (Lipinski definition) is 4. The molecule has 23 heavy (non-hydrogen) atoms. The molecule has 1 aliphatic rings. The lowest BCUT2D eigenvalue weighted by Gasteiger charge is -2.21. The van der Waals surface area contributed by atoms with Gasteiger partial charge in [0.15, 0.2) is 17.1 Å². The molecule has 1 aromatic heterocycles. The Kier molecular flexibility index (Phi) is 4.57. The molecule has 0 unspecified atom stereocenters. The number of ether oxygens (including phenoxy) is 1. The molecule has 1 amide bonds. The van der Waals surface area contributed by atoms with Crippen LogP contribution in [0, 0.1) is 6.92 Å². The van der Waals surface area contributed by atoms with Crippen LogP contribution in [0.3, 0.4) is 0 Å². The normalized spacial score (nSPS) is 14.2.